The Hall–Kier alpha value is -0.820. The van der Waals surface area contributed by atoms with Crippen molar-refractivity contribution in [1.29, 1.82) is 0 Å². The first kappa shape index (κ1) is 20.5. The fraction of sp³-hybridized carbons (Fsp3) is 0.368. The Balaban J connectivity index is 2.05. The monoisotopic (exact) mass is 441 g/mol. The van der Waals surface area contributed by atoms with Gasteiger partial charge in [0.25, 0.3) is 0 Å². The van der Waals surface area contributed by atoms with Crippen LogP contribution < -0.4 is 4.72 Å². The van der Waals surface area contributed by atoms with Crippen LogP contribution in [0.25, 0.3) is 0 Å². The van der Waals surface area contributed by atoms with Crippen molar-refractivity contribution in [1.82, 2.24) is 4.72 Å². The van der Waals surface area contributed by atoms with E-state index in [1.54, 1.807) is 23.9 Å². The highest BCUT2D eigenvalue weighted by Gasteiger charge is 2.20. The first-order chi connectivity index (χ1) is 11.9. The summed E-state index contributed by atoms with van der Waals surface area (Å²) in [6.45, 7) is 4.07. The van der Waals surface area contributed by atoms with Crippen molar-refractivity contribution in [3.8, 4) is 0 Å². The largest absolute Gasteiger partial charge is 0.240 e. The molecule has 6 heteroatoms. The summed E-state index contributed by atoms with van der Waals surface area (Å²) in [5.41, 5.74) is 1.05. The van der Waals surface area contributed by atoms with Crippen molar-refractivity contribution in [3.05, 3.63) is 58.6 Å². The number of sulfonamides is 1. The molecule has 0 bridgehead atoms. The molecule has 0 heterocycles. The highest BCUT2D eigenvalue weighted by atomic mass is 79.9. The summed E-state index contributed by atoms with van der Waals surface area (Å²) >= 11 is 5.11. The molecule has 0 amide bonds. The molecule has 0 radical (unpaired) electrons. The van der Waals surface area contributed by atoms with E-state index in [4.69, 9.17) is 0 Å². The Bertz CT molecular complexity index is 759. The maximum Gasteiger partial charge on any atom is 0.240 e. The van der Waals surface area contributed by atoms with E-state index >= 15 is 0 Å². The molecule has 1 unspecified atom stereocenters. The summed E-state index contributed by atoms with van der Waals surface area (Å²) in [4.78, 5) is 1.47. The van der Waals surface area contributed by atoms with Crippen LogP contribution in [0.5, 0.6) is 0 Å². The lowest BCUT2D eigenvalue weighted by Gasteiger charge is -2.18. The first-order valence-corrected chi connectivity index (χ1v) is 11.6. The van der Waals surface area contributed by atoms with E-state index in [2.05, 4.69) is 27.6 Å². The van der Waals surface area contributed by atoms with Crippen LogP contribution in [0, 0.1) is 6.92 Å². The SMILES string of the molecule is CCCCC(CSc1ccc(Br)cc1)NS(=O)(=O)c1ccc(C)cc1. The molecule has 0 aromatic heterocycles. The van der Waals surface area contributed by atoms with Crippen LogP contribution in [-0.4, -0.2) is 20.2 Å². The molecule has 0 saturated carbocycles. The smallest absolute Gasteiger partial charge is 0.207 e. The fourth-order valence-corrected chi connectivity index (χ4v) is 4.97. The zero-order chi connectivity index (χ0) is 18.3. The summed E-state index contributed by atoms with van der Waals surface area (Å²) in [5.74, 6) is 0.715. The van der Waals surface area contributed by atoms with Crippen molar-refractivity contribution in [3.63, 3.8) is 0 Å². The average molecular weight is 442 g/mol. The number of hydrogen-bond donors (Lipinski definition) is 1. The zero-order valence-corrected chi connectivity index (χ0v) is 17.8. The number of aryl methyl sites for hydroxylation is 1. The van der Waals surface area contributed by atoms with Gasteiger partial charge in [0.2, 0.25) is 10.0 Å². The molecular formula is C19H24BrNO2S2. The van der Waals surface area contributed by atoms with Gasteiger partial charge < -0.3 is 0 Å². The third kappa shape index (κ3) is 6.77. The molecule has 25 heavy (non-hydrogen) atoms. The lowest BCUT2D eigenvalue weighted by molar-refractivity contribution is 0.538. The Morgan fingerprint density at radius 3 is 2.32 bits per heavy atom. The highest BCUT2D eigenvalue weighted by molar-refractivity contribution is 9.10. The number of rotatable bonds is 9. The van der Waals surface area contributed by atoms with Gasteiger partial charge in [-0.25, -0.2) is 13.1 Å². The Kier molecular flexibility index (Phi) is 8.00. The van der Waals surface area contributed by atoms with Gasteiger partial charge in [-0.1, -0.05) is 53.4 Å². The van der Waals surface area contributed by atoms with E-state index in [1.807, 2.05) is 43.3 Å². The third-order valence-electron chi connectivity index (χ3n) is 3.82. The summed E-state index contributed by atoms with van der Waals surface area (Å²) in [7, 11) is -3.49. The van der Waals surface area contributed by atoms with E-state index in [-0.39, 0.29) is 6.04 Å². The van der Waals surface area contributed by atoms with E-state index < -0.39 is 10.0 Å². The molecule has 136 valence electrons. The molecule has 1 N–H and O–H groups in total. The van der Waals surface area contributed by atoms with Crippen LogP contribution in [0.15, 0.2) is 62.8 Å². The van der Waals surface area contributed by atoms with Gasteiger partial charge in [0.1, 0.15) is 0 Å². The van der Waals surface area contributed by atoms with Gasteiger partial charge in [0.15, 0.2) is 0 Å². The van der Waals surface area contributed by atoms with Crippen LogP contribution in [-0.2, 0) is 10.0 Å². The minimum atomic E-state index is -3.49. The minimum Gasteiger partial charge on any atom is -0.207 e. The summed E-state index contributed by atoms with van der Waals surface area (Å²) in [5, 5.41) is 0. The maximum atomic E-state index is 12.6. The number of hydrogen-bond acceptors (Lipinski definition) is 3. The second-order valence-corrected chi connectivity index (χ2v) is 9.76. The van der Waals surface area contributed by atoms with E-state index in [0.29, 0.717) is 10.6 Å². The topological polar surface area (TPSA) is 46.2 Å². The van der Waals surface area contributed by atoms with Crippen LogP contribution in [0.1, 0.15) is 31.7 Å². The van der Waals surface area contributed by atoms with Gasteiger partial charge >= 0.3 is 0 Å². The standard InChI is InChI=1S/C19H24BrNO2S2/c1-3-4-5-17(14-24-18-10-8-16(20)9-11-18)21-25(22,23)19-12-6-15(2)7-13-19/h6-13,17,21H,3-5,14H2,1-2H3. The van der Waals surface area contributed by atoms with E-state index in [9.17, 15) is 8.42 Å². The summed E-state index contributed by atoms with van der Waals surface area (Å²) < 4.78 is 29.2. The molecule has 0 aliphatic heterocycles. The van der Waals surface area contributed by atoms with Crippen molar-refractivity contribution >= 4 is 37.7 Å². The lowest BCUT2D eigenvalue weighted by Crippen LogP contribution is -2.36. The van der Waals surface area contributed by atoms with Gasteiger partial charge in [-0.15, -0.1) is 11.8 Å². The van der Waals surface area contributed by atoms with E-state index in [1.165, 1.54) is 0 Å². The van der Waals surface area contributed by atoms with E-state index in [0.717, 1.165) is 34.2 Å². The van der Waals surface area contributed by atoms with Gasteiger partial charge in [0.05, 0.1) is 4.90 Å². The molecule has 0 aliphatic carbocycles. The number of halogens is 1. The number of nitrogens with one attached hydrogen (secondary N) is 1. The third-order valence-corrected chi connectivity index (χ3v) is 7.06. The quantitative estimate of drug-likeness (QED) is 0.530. The van der Waals surface area contributed by atoms with Crippen molar-refractivity contribution < 1.29 is 8.42 Å². The van der Waals surface area contributed by atoms with Crippen molar-refractivity contribution in [2.75, 3.05) is 5.75 Å². The molecule has 0 spiro atoms. The molecule has 2 aromatic rings. The summed E-state index contributed by atoms with van der Waals surface area (Å²) in [6.07, 6.45) is 2.89. The Morgan fingerprint density at radius 1 is 1.08 bits per heavy atom. The number of unbranched alkanes of at least 4 members (excludes halogenated alkanes) is 1. The Labute approximate surface area is 163 Å². The van der Waals surface area contributed by atoms with Gasteiger partial charge in [-0.3, -0.25) is 0 Å². The molecular weight excluding hydrogens is 418 g/mol. The predicted octanol–water partition coefficient (Wildman–Crippen LogP) is 5.39. The normalized spacial score (nSPS) is 12.9. The predicted molar refractivity (Wildman–Crippen MR) is 110 cm³/mol. The maximum absolute atomic E-state index is 12.6. The van der Waals surface area contributed by atoms with Gasteiger partial charge in [-0.2, -0.15) is 0 Å². The minimum absolute atomic E-state index is 0.0834. The lowest BCUT2D eigenvalue weighted by atomic mass is 10.2. The molecule has 1 atom stereocenters. The molecule has 0 saturated heterocycles. The molecule has 2 rings (SSSR count). The van der Waals surface area contributed by atoms with Crippen LogP contribution in [0.3, 0.4) is 0 Å². The van der Waals surface area contributed by atoms with Gasteiger partial charge in [0, 0.05) is 21.2 Å². The van der Waals surface area contributed by atoms with Crippen molar-refractivity contribution in [2.45, 2.75) is 48.9 Å². The van der Waals surface area contributed by atoms with Crippen LogP contribution in [0.2, 0.25) is 0 Å². The zero-order valence-electron chi connectivity index (χ0n) is 14.5. The highest BCUT2D eigenvalue weighted by Crippen LogP contribution is 2.23. The molecule has 2 aromatic carbocycles. The number of benzene rings is 2. The summed E-state index contributed by atoms with van der Waals surface area (Å²) in [6, 6.07) is 15.0. The second kappa shape index (κ2) is 9.76. The van der Waals surface area contributed by atoms with Crippen LogP contribution in [0.4, 0.5) is 0 Å². The second-order valence-electron chi connectivity index (χ2n) is 6.04. The number of thioether (sulfide) groups is 1. The van der Waals surface area contributed by atoms with Crippen molar-refractivity contribution in [2.24, 2.45) is 0 Å². The van der Waals surface area contributed by atoms with Gasteiger partial charge in [-0.05, 0) is 49.7 Å². The first-order valence-electron chi connectivity index (χ1n) is 8.38. The molecule has 0 aliphatic rings. The molecule has 3 nitrogen and oxygen atoms in total. The van der Waals surface area contributed by atoms with Crippen LogP contribution >= 0.6 is 27.7 Å². The molecule has 0 fully saturated rings. The fourth-order valence-electron chi connectivity index (χ4n) is 2.36. The average Bonchev–Trinajstić information content (AvgIpc) is 2.59. The Morgan fingerprint density at radius 2 is 1.72 bits per heavy atom.